The summed E-state index contributed by atoms with van der Waals surface area (Å²) < 4.78 is 39.1. The number of carbonyl (C=O) groups is 1. The number of aliphatic hydroxyl groups excluding tert-OH is 2. The lowest BCUT2D eigenvalue weighted by molar-refractivity contribution is -0.745. The van der Waals surface area contributed by atoms with Crippen molar-refractivity contribution in [3.8, 4) is 5.88 Å². The van der Waals surface area contributed by atoms with Crippen LogP contribution in [0.4, 0.5) is 5.95 Å². The fraction of sp³-hybridized carbons (Fsp3) is 0.304. The van der Waals surface area contributed by atoms with Gasteiger partial charge in [0.25, 0.3) is 5.95 Å². The highest BCUT2D eigenvalue weighted by atomic mass is 31.3. The summed E-state index contributed by atoms with van der Waals surface area (Å²) in [6.07, 6.45) is -1.51. The van der Waals surface area contributed by atoms with Crippen molar-refractivity contribution in [1.82, 2.24) is 14.5 Å². The lowest BCUT2D eigenvalue weighted by atomic mass is 9.92. The number of Topliss-reactive ketones (excluding diaryl/α,β-unsaturated/α-hetero) is 1. The highest BCUT2D eigenvalue weighted by molar-refractivity contribution is 7.60. The van der Waals surface area contributed by atoms with Crippen LogP contribution in [0, 0.1) is 0 Å². The van der Waals surface area contributed by atoms with E-state index in [4.69, 9.17) is 20.3 Å². The van der Waals surface area contributed by atoms with E-state index in [1.807, 2.05) is 30.3 Å². The third kappa shape index (κ3) is 6.35. The van der Waals surface area contributed by atoms with Crippen LogP contribution in [0.3, 0.4) is 0 Å². The van der Waals surface area contributed by atoms with Crippen molar-refractivity contribution < 1.29 is 62.1 Å². The number of imidazole rings is 1. The van der Waals surface area contributed by atoms with Gasteiger partial charge < -0.3 is 40.5 Å². The number of aliphatic hydroxyl groups is 2. The lowest BCUT2D eigenvalue weighted by Gasteiger charge is -2.17. The van der Waals surface area contributed by atoms with E-state index in [9.17, 15) is 34.1 Å². The highest BCUT2D eigenvalue weighted by Crippen LogP contribution is 2.57. The molecule has 1 unspecified atom stereocenters. The number of hydrogen-bond acceptors (Lipinski definition) is 12. The SMILES string of the molecule is Nc1nc([O-])c2c(n1)[n+]([C@@H]1O[C@H](COP(=O)(O)OP(=O)(O)O)[C@@H](O)[C@H]1O)cn2CC1=CC=C(c2ccccc2)CC1=O. The molecule has 2 aromatic heterocycles. The molecule has 17 nitrogen and oxygen atoms in total. The largest absolute Gasteiger partial charge is 0.856 e. The van der Waals surface area contributed by atoms with E-state index in [0.717, 1.165) is 11.1 Å². The smallest absolute Gasteiger partial charge is 0.481 e. The minimum atomic E-state index is -5.39. The van der Waals surface area contributed by atoms with Gasteiger partial charge in [-0.2, -0.15) is 4.31 Å². The molecular weight excluding hydrogens is 600 g/mol. The number of phosphoric acid groups is 2. The first kappa shape index (κ1) is 30.1. The van der Waals surface area contributed by atoms with Crippen LogP contribution in [0.25, 0.3) is 16.7 Å². The van der Waals surface area contributed by atoms with Gasteiger partial charge in [0.2, 0.25) is 6.23 Å². The Hall–Kier alpha value is -3.34. The number of benzene rings is 1. The number of fused-ring (bicyclic) bond motifs is 1. The molecular formula is C23H25N5O12P2. The highest BCUT2D eigenvalue weighted by Gasteiger charge is 2.48. The van der Waals surface area contributed by atoms with E-state index in [1.165, 1.54) is 15.5 Å². The Morgan fingerprint density at radius 2 is 1.83 bits per heavy atom. The Morgan fingerprint density at radius 1 is 1.12 bits per heavy atom. The molecule has 0 amide bonds. The number of phosphoric ester groups is 1. The van der Waals surface area contributed by atoms with Crippen LogP contribution < -0.4 is 15.4 Å². The molecule has 42 heavy (non-hydrogen) atoms. The number of allylic oxidation sites excluding steroid dienone is 4. The Balaban J connectivity index is 1.43. The van der Waals surface area contributed by atoms with Gasteiger partial charge in [0.15, 0.2) is 17.6 Å². The Bertz CT molecular complexity index is 1690. The zero-order chi connectivity index (χ0) is 30.4. The van der Waals surface area contributed by atoms with Gasteiger partial charge >= 0.3 is 21.3 Å². The summed E-state index contributed by atoms with van der Waals surface area (Å²) in [6.45, 7) is -1.02. The summed E-state index contributed by atoms with van der Waals surface area (Å²) in [5, 5.41) is 34.1. The molecule has 2 aliphatic rings. The second-order valence-electron chi connectivity index (χ2n) is 9.44. The molecule has 0 radical (unpaired) electrons. The average Bonchev–Trinajstić information content (AvgIpc) is 3.39. The molecule has 1 aromatic carbocycles. The number of nitrogens with zero attached hydrogens (tertiary/aromatic N) is 4. The second kappa shape index (κ2) is 11.4. The molecule has 1 aliphatic heterocycles. The summed E-state index contributed by atoms with van der Waals surface area (Å²) in [5.74, 6) is -1.38. The fourth-order valence-corrected chi connectivity index (χ4v) is 6.28. The third-order valence-corrected chi connectivity index (χ3v) is 8.70. The zero-order valence-electron chi connectivity index (χ0n) is 21.4. The molecule has 5 atom stereocenters. The van der Waals surface area contributed by atoms with Crippen molar-refractivity contribution in [3.05, 3.63) is 59.9 Å². The maximum Gasteiger partial charge on any atom is 0.481 e. The molecule has 0 saturated carbocycles. The zero-order valence-corrected chi connectivity index (χ0v) is 23.2. The van der Waals surface area contributed by atoms with E-state index in [0.29, 0.717) is 5.57 Å². The van der Waals surface area contributed by atoms with Crippen LogP contribution in [-0.4, -0.2) is 70.1 Å². The number of hydrogen-bond donors (Lipinski definition) is 6. The van der Waals surface area contributed by atoms with Gasteiger partial charge in [-0.3, -0.25) is 13.9 Å². The van der Waals surface area contributed by atoms with Crippen molar-refractivity contribution in [3.63, 3.8) is 0 Å². The fourth-order valence-electron chi connectivity index (χ4n) is 4.68. The predicted molar refractivity (Wildman–Crippen MR) is 139 cm³/mol. The average molecular weight is 625 g/mol. The minimum Gasteiger partial charge on any atom is -0.856 e. The van der Waals surface area contributed by atoms with Crippen LogP contribution in [-0.2, 0) is 34.0 Å². The number of nitrogen functional groups attached to an aromatic ring is 1. The second-order valence-corrected chi connectivity index (χ2v) is 12.3. The molecule has 0 bridgehead atoms. The molecule has 3 heterocycles. The van der Waals surface area contributed by atoms with Crippen molar-refractivity contribution in [2.45, 2.75) is 37.5 Å². The molecule has 3 aromatic rings. The van der Waals surface area contributed by atoms with Gasteiger partial charge in [-0.25, -0.2) is 18.7 Å². The number of ether oxygens (including phenoxy) is 1. The standard InChI is InChI=1S/C23H25N5O12P2/c24-23-25-20-17(21(32)26-23)27(9-14-7-6-13(8-15(14)29)12-4-2-1-3-5-12)11-28(20)22-19(31)18(30)16(39-22)10-38-42(36,37)40-41(33,34)35/h1-7,11,16,18-19,22,30-31H,8-10H2,(H5-,24,25,26,32,33,34,35,36,37)/t16-,18-,19-,22-/m1/s1. The molecule has 1 aliphatic carbocycles. The van der Waals surface area contributed by atoms with Gasteiger partial charge in [-0.1, -0.05) is 47.5 Å². The van der Waals surface area contributed by atoms with Crippen LogP contribution >= 0.6 is 15.6 Å². The number of anilines is 1. The van der Waals surface area contributed by atoms with E-state index in [-0.39, 0.29) is 29.9 Å². The monoisotopic (exact) mass is 625 g/mol. The van der Waals surface area contributed by atoms with Crippen molar-refractivity contribution >= 4 is 44.1 Å². The summed E-state index contributed by atoms with van der Waals surface area (Å²) in [7, 11) is -10.7. The minimum absolute atomic E-state index is 0.0874. The van der Waals surface area contributed by atoms with Crippen molar-refractivity contribution in [2.75, 3.05) is 12.3 Å². The van der Waals surface area contributed by atoms with Gasteiger partial charge in [0.05, 0.1) is 13.2 Å². The molecule has 224 valence electrons. The topological polar surface area (TPSA) is 264 Å². The first-order valence-electron chi connectivity index (χ1n) is 12.2. The predicted octanol–water partition coefficient (Wildman–Crippen LogP) is -0.797. The van der Waals surface area contributed by atoms with E-state index in [1.54, 1.807) is 12.2 Å². The normalized spacial score (nSPS) is 24.5. The summed E-state index contributed by atoms with van der Waals surface area (Å²) in [4.78, 5) is 47.8. The Labute approximate surface area is 236 Å². The van der Waals surface area contributed by atoms with E-state index >= 15 is 0 Å². The molecule has 5 rings (SSSR count). The van der Waals surface area contributed by atoms with Gasteiger partial charge in [0.1, 0.15) is 18.3 Å². The first-order valence-corrected chi connectivity index (χ1v) is 15.2. The maximum absolute atomic E-state index is 13.0. The summed E-state index contributed by atoms with van der Waals surface area (Å²) >= 11 is 0. The third-order valence-electron chi connectivity index (χ3n) is 6.55. The lowest BCUT2D eigenvalue weighted by Crippen LogP contribution is -2.46. The summed E-state index contributed by atoms with van der Waals surface area (Å²) in [6, 6.07) is 9.35. The molecule has 0 spiro atoms. The first-order chi connectivity index (χ1) is 19.7. The maximum atomic E-state index is 13.0. The number of rotatable bonds is 9. The quantitative estimate of drug-likeness (QED) is 0.126. The number of ketones is 1. The van der Waals surface area contributed by atoms with Crippen molar-refractivity contribution in [2.24, 2.45) is 0 Å². The van der Waals surface area contributed by atoms with Crippen LogP contribution in [0.5, 0.6) is 5.88 Å². The number of aromatic nitrogens is 4. The van der Waals surface area contributed by atoms with Gasteiger partial charge in [0, 0.05) is 17.9 Å². The van der Waals surface area contributed by atoms with Crippen molar-refractivity contribution in [1.29, 1.82) is 0 Å². The van der Waals surface area contributed by atoms with E-state index in [2.05, 4.69) is 18.8 Å². The van der Waals surface area contributed by atoms with Gasteiger partial charge in [-0.15, -0.1) is 0 Å². The van der Waals surface area contributed by atoms with Crippen LogP contribution in [0.15, 0.2) is 54.4 Å². The molecule has 7 N–H and O–H groups in total. The number of nitrogens with two attached hydrogens (primary N) is 1. The van der Waals surface area contributed by atoms with E-state index < -0.39 is 58.6 Å². The van der Waals surface area contributed by atoms with Crippen LogP contribution in [0.1, 0.15) is 18.2 Å². The number of carbonyl (C=O) groups excluding carboxylic acids is 1. The molecule has 19 heteroatoms. The Kier molecular flexibility index (Phi) is 8.17. The Morgan fingerprint density at radius 3 is 2.50 bits per heavy atom. The van der Waals surface area contributed by atoms with Gasteiger partial charge in [-0.05, 0) is 11.1 Å². The molecule has 1 saturated heterocycles. The molecule has 1 fully saturated rings. The van der Waals surface area contributed by atoms with Crippen LogP contribution in [0.2, 0.25) is 0 Å². The summed E-state index contributed by atoms with van der Waals surface area (Å²) in [5.41, 5.74) is 7.57.